The molecule has 3 rings (SSSR count). The molecule has 18 heavy (non-hydrogen) atoms. The van der Waals surface area contributed by atoms with Gasteiger partial charge in [-0.05, 0) is 37.3 Å². The van der Waals surface area contributed by atoms with Gasteiger partial charge in [0.2, 0.25) is 0 Å². The molecule has 1 aromatic rings. The first kappa shape index (κ1) is 11.8. The SMILES string of the molecule is CC1CCN(C(=O)c2cccn2C2CC2)C1CO. The van der Waals surface area contributed by atoms with Gasteiger partial charge < -0.3 is 14.6 Å². The third-order valence-electron chi connectivity index (χ3n) is 4.27. The lowest BCUT2D eigenvalue weighted by atomic mass is 10.0. The highest BCUT2D eigenvalue weighted by atomic mass is 16.3. The molecule has 4 nitrogen and oxygen atoms in total. The number of hydrogen-bond acceptors (Lipinski definition) is 2. The van der Waals surface area contributed by atoms with E-state index in [2.05, 4.69) is 11.5 Å². The predicted molar refractivity (Wildman–Crippen MR) is 68.4 cm³/mol. The number of aliphatic hydroxyl groups is 1. The fraction of sp³-hybridized carbons (Fsp3) is 0.643. The molecule has 4 heteroatoms. The highest BCUT2D eigenvalue weighted by Crippen LogP contribution is 2.36. The largest absolute Gasteiger partial charge is 0.394 e. The van der Waals surface area contributed by atoms with Gasteiger partial charge in [-0.1, -0.05) is 6.92 Å². The van der Waals surface area contributed by atoms with Crippen LogP contribution < -0.4 is 0 Å². The van der Waals surface area contributed by atoms with Gasteiger partial charge >= 0.3 is 0 Å². The molecule has 1 aliphatic heterocycles. The Morgan fingerprint density at radius 1 is 1.44 bits per heavy atom. The zero-order chi connectivity index (χ0) is 12.7. The van der Waals surface area contributed by atoms with Crippen LogP contribution in [0.2, 0.25) is 0 Å². The minimum Gasteiger partial charge on any atom is -0.394 e. The Bertz CT molecular complexity index is 450. The van der Waals surface area contributed by atoms with E-state index in [-0.39, 0.29) is 18.6 Å². The lowest BCUT2D eigenvalue weighted by molar-refractivity contribution is 0.0637. The summed E-state index contributed by atoms with van der Waals surface area (Å²) in [6, 6.07) is 4.35. The molecule has 1 aliphatic carbocycles. The smallest absolute Gasteiger partial charge is 0.270 e. The quantitative estimate of drug-likeness (QED) is 0.884. The first-order chi connectivity index (χ1) is 8.72. The Labute approximate surface area is 107 Å². The molecule has 98 valence electrons. The number of hydrogen-bond donors (Lipinski definition) is 1. The molecular formula is C14H20N2O2. The summed E-state index contributed by atoms with van der Waals surface area (Å²) in [5.41, 5.74) is 0.782. The second-order valence-electron chi connectivity index (χ2n) is 5.55. The Balaban J connectivity index is 1.83. The van der Waals surface area contributed by atoms with Gasteiger partial charge in [-0.15, -0.1) is 0 Å². The molecule has 1 saturated heterocycles. The van der Waals surface area contributed by atoms with Crippen LogP contribution in [0.3, 0.4) is 0 Å². The van der Waals surface area contributed by atoms with Gasteiger partial charge in [0.05, 0.1) is 12.6 Å². The maximum atomic E-state index is 12.6. The lowest BCUT2D eigenvalue weighted by Gasteiger charge is -2.25. The first-order valence-electron chi connectivity index (χ1n) is 6.81. The third-order valence-corrected chi connectivity index (χ3v) is 4.27. The van der Waals surface area contributed by atoms with Crippen molar-refractivity contribution in [3.63, 3.8) is 0 Å². The van der Waals surface area contributed by atoms with E-state index < -0.39 is 0 Å². The van der Waals surface area contributed by atoms with Crippen LogP contribution in [0.5, 0.6) is 0 Å². The molecule has 2 unspecified atom stereocenters. The van der Waals surface area contributed by atoms with Crippen molar-refractivity contribution in [3.8, 4) is 0 Å². The summed E-state index contributed by atoms with van der Waals surface area (Å²) >= 11 is 0. The fourth-order valence-electron chi connectivity index (χ4n) is 2.93. The van der Waals surface area contributed by atoms with Crippen molar-refractivity contribution in [1.82, 2.24) is 9.47 Å². The van der Waals surface area contributed by atoms with Crippen molar-refractivity contribution in [1.29, 1.82) is 0 Å². The maximum Gasteiger partial charge on any atom is 0.270 e. The number of carbonyl (C=O) groups excluding carboxylic acids is 1. The number of aliphatic hydroxyl groups excluding tert-OH is 1. The summed E-state index contributed by atoms with van der Waals surface area (Å²) in [5, 5.41) is 9.44. The fourth-order valence-corrected chi connectivity index (χ4v) is 2.93. The molecule has 0 spiro atoms. The van der Waals surface area contributed by atoms with Crippen molar-refractivity contribution < 1.29 is 9.90 Å². The standard InChI is InChI=1S/C14H20N2O2/c1-10-6-8-16(13(10)9-17)14(18)12-3-2-7-15(12)11-4-5-11/h2-3,7,10-11,13,17H,4-6,8-9H2,1H3. The average Bonchev–Trinajstić information content (AvgIpc) is 2.98. The van der Waals surface area contributed by atoms with Gasteiger partial charge in [0, 0.05) is 18.8 Å². The molecular weight excluding hydrogens is 228 g/mol. The van der Waals surface area contributed by atoms with Crippen molar-refractivity contribution in [3.05, 3.63) is 24.0 Å². The highest BCUT2D eigenvalue weighted by Gasteiger charge is 2.36. The van der Waals surface area contributed by atoms with E-state index in [1.807, 2.05) is 23.2 Å². The van der Waals surface area contributed by atoms with E-state index in [0.717, 1.165) is 18.7 Å². The van der Waals surface area contributed by atoms with Crippen LogP contribution in [0, 0.1) is 5.92 Å². The van der Waals surface area contributed by atoms with Gasteiger partial charge in [0.1, 0.15) is 5.69 Å². The number of amides is 1. The van der Waals surface area contributed by atoms with E-state index in [0.29, 0.717) is 12.0 Å². The summed E-state index contributed by atoms with van der Waals surface area (Å²) in [5.74, 6) is 0.471. The molecule has 1 aromatic heterocycles. The van der Waals surface area contributed by atoms with Gasteiger partial charge in [-0.25, -0.2) is 0 Å². The van der Waals surface area contributed by atoms with Crippen LogP contribution in [0.1, 0.15) is 42.7 Å². The molecule has 0 bridgehead atoms. The number of aromatic nitrogens is 1. The van der Waals surface area contributed by atoms with Gasteiger partial charge in [-0.3, -0.25) is 4.79 Å². The summed E-state index contributed by atoms with van der Waals surface area (Å²) in [4.78, 5) is 14.4. The lowest BCUT2D eigenvalue weighted by Crippen LogP contribution is -2.40. The zero-order valence-corrected chi connectivity index (χ0v) is 10.7. The highest BCUT2D eigenvalue weighted by molar-refractivity contribution is 5.93. The van der Waals surface area contributed by atoms with Crippen LogP contribution >= 0.6 is 0 Å². The first-order valence-corrected chi connectivity index (χ1v) is 6.81. The predicted octanol–water partition coefficient (Wildman–Crippen LogP) is 1.67. The van der Waals surface area contributed by atoms with Gasteiger partial charge in [-0.2, -0.15) is 0 Å². The second kappa shape index (κ2) is 4.43. The Morgan fingerprint density at radius 3 is 2.89 bits per heavy atom. The van der Waals surface area contributed by atoms with E-state index in [9.17, 15) is 9.90 Å². The normalized spacial score (nSPS) is 27.8. The minimum absolute atomic E-state index is 0.0138. The molecule has 2 atom stereocenters. The topological polar surface area (TPSA) is 45.5 Å². The number of nitrogens with zero attached hydrogens (tertiary/aromatic N) is 2. The molecule has 1 amide bonds. The number of carbonyl (C=O) groups is 1. The third kappa shape index (κ3) is 1.85. The van der Waals surface area contributed by atoms with Crippen LogP contribution in [0.15, 0.2) is 18.3 Å². The molecule has 2 heterocycles. The van der Waals surface area contributed by atoms with Gasteiger partial charge in [0.15, 0.2) is 0 Å². The van der Waals surface area contributed by atoms with Gasteiger partial charge in [0.25, 0.3) is 5.91 Å². The monoisotopic (exact) mass is 248 g/mol. The van der Waals surface area contributed by atoms with Crippen LogP contribution in [-0.4, -0.2) is 39.7 Å². The molecule has 1 N–H and O–H groups in total. The van der Waals surface area contributed by atoms with E-state index in [4.69, 9.17) is 0 Å². The Morgan fingerprint density at radius 2 is 2.22 bits per heavy atom. The van der Waals surface area contributed by atoms with E-state index >= 15 is 0 Å². The van der Waals surface area contributed by atoms with Crippen LogP contribution in [0.25, 0.3) is 0 Å². The summed E-state index contributed by atoms with van der Waals surface area (Å²) in [6.07, 6.45) is 5.34. The number of likely N-dealkylation sites (tertiary alicyclic amines) is 1. The summed E-state index contributed by atoms with van der Waals surface area (Å²) in [7, 11) is 0. The molecule has 1 saturated carbocycles. The molecule has 0 radical (unpaired) electrons. The van der Waals surface area contributed by atoms with Crippen molar-refractivity contribution >= 4 is 5.91 Å². The minimum atomic E-state index is -0.0138. The maximum absolute atomic E-state index is 12.6. The van der Waals surface area contributed by atoms with E-state index in [1.165, 1.54) is 12.8 Å². The zero-order valence-electron chi connectivity index (χ0n) is 10.7. The Hall–Kier alpha value is -1.29. The summed E-state index contributed by atoms with van der Waals surface area (Å²) < 4.78 is 2.10. The molecule has 2 aliphatic rings. The average molecular weight is 248 g/mol. The Kier molecular flexibility index (Phi) is 2.90. The second-order valence-corrected chi connectivity index (χ2v) is 5.55. The number of rotatable bonds is 3. The molecule has 2 fully saturated rings. The van der Waals surface area contributed by atoms with E-state index in [1.54, 1.807) is 0 Å². The van der Waals surface area contributed by atoms with Crippen molar-refractivity contribution in [2.24, 2.45) is 5.92 Å². The summed E-state index contributed by atoms with van der Waals surface area (Å²) in [6.45, 7) is 2.94. The van der Waals surface area contributed by atoms with Crippen LogP contribution in [0.4, 0.5) is 0 Å². The van der Waals surface area contributed by atoms with Crippen molar-refractivity contribution in [2.75, 3.05) is 13.2 Å². The van der Waals surface area contributed by atoms with Crippen molar-refractivity contribution in [2.45, 2.75) is 38.3 Å². The molecule has 0 aromatic carbocycles. The van der Waals surface area contributed by atoms with Crippen LogP contribution in [-0.2, 0) is 0 Å².